The topological polar surface area (TPSA) is 42.0 Å². The summed E-state index contributed by atoms with van der Waals surface area (Å²) in [5.74, 6) is 0.757. The summed E-state index contributed by atoms with van der Waals surface area (Å²) in [5.41, 5.74) is 0.297. The van der Waals surface area contributed by atoms with E-state index in [1.165, 1.54) is 29.2 Å². The van der Waals surface area contributed by atoms with E-state index in [0.717, 1.165) is 24.4 Å². The van der Waals surface area contributed by atoms with Gasteiger partial charge in [0, 0.05) is 38.5 Å². The molecule has 2 unspecified atom stereocenters. The van der Waals surface area contributed by atoms with Gasteiger partial charge >= 0.3 is 6.09 Å². The number of likely N-dealkylation sites (tertiary alicyclic amines) is 1. The molecule has 2 aromatic carbocycles. The van der Waals surface area contributed by atoms with E-state index in [-0.39, 0.29) is 6.54 Å². The molecule has 0 aromatic heterocycles. The number of carbonyl (C=O) groups is 1. The van der Waals surface area contributed by atoms with Gasteiger partial charge in [-0.2, -0.15) is 0 Å². The zero-order chi connectivity index (χ0) is 25.2. The Morgan fingerprint density at radius 2 is 1.66 bits per heavy atom. The van der Waals surface area contributed by atoms with Crippen molar-refractivity contribution in [1.82, 2.24) is 9.80 Å². The fraction of sp³-hybridized carbons (Fsp3) is 0.536. The third-order valence-electron chi connectivity index (χ3n) is 7.10. The van der Waals surface area contributed by atoms with Crippen molar-refractivity contribution in [3.8, 4) is 5.75 Å². The molecule has 0 saturated carbocycles. The summed E-state index contributed by atoms with van der Waals surface area (Å²) >= 11 is 0. The van der Waals surface area contributed by atoms with Crippen molar-refractivity contribution in [2.75, 3.05) is 19.7 Å². The lowest BCUT2D eigenvalue weighted by Gasteiger charge is -2.43. The van der Waals surface area contributed by atoms with Crippen LogP contribution >= 0.6 is 0 Å². The largest absolute Gasteiger partial charge is 0.493 e. The van der Waals surface area contributed by atoms with Crippen molar-refractivity contribution >= 4 is 6.09 Å². The number of amides is 1. The first kappa shape index (κ1) is 25.4. The van der Waals surface area contributed by atoms with Crippen LogP contribution in [0.3, 0.4) is 0 Å². The molecule has 7 heteroatoms. The highest BCUT2D eigenvalue weighted by molar-refractivity contribution is 5.72. The maximum absolute atomic E-state index is 16.2. The smallest absolute Gasteiger partial charge is 0.411 e. The highest BCUT2D eigenvalue weighted by atomic mass is 19.1. The Morgan fingerprint density at radius 3 is 2.23 bits per heavy atom. The number of ether oxygens (including phenoxy) is 2. The Labute approximate surface area is 207 Å². The van der Waals surface area contributed by atoms with E-state index in [1.54, 1.807) is 0 Å². The standard InChI is InChI=1S/C28H36F2N2O3/c1-19(2)18-34-24-11-5-21(6-12-24)17-32-26(25(30)22-7-9-23(29)10-8-22)28(35-27(32)33)13-15-31(16-14-28)20(3)4/h5-12,19-20,25-26H,13-18H2,1-4H3. The number of benzene rings is 2. The first-order valence-corrected chi connectivity index (χ1v) is 12.5. The van der Waals surface area contributed by atoms with E-state index in [0.29, 0.717) is 37.0 Å². The van der Waals surface area contributed by atoms with E-state index in [2.05, 4.69) is 32.6 Å². The molecule has 0 bridgehead atoms. The van der Waals surface area contributed by atoms with Crippen molar-refractivity contribution in [1.29, 1.82) is 0 Å². The van der Waals surface area contributed by atoms with Crippen LogP contribution in [-0.2, 0) is 11.3 Å². The highest BCUT2D eigenvalue weighted by Gasteiger charge is 2.58. The van der Waals surface area contributed by atoms with Crippen LogP contribution in [-0.4, -0.2) is 53.3 Å². The number of rotatable bonds is 8. The van der Waals surface area contributed by atoms with Gasteiger partial charge in [0.25, 0.3) is 0 Å². The predicted molar refractivity (Wildman–Crippen MR) is 132 cm³/mol. The van der Waals surface area contributed by atoms with Crippen LogP contribution in [0.2, 0.25) is 0 Å². The van der Waals surface area contributed by atoms with Crippen LogP contribution < -0.4 is 4.74 Å². The maximum atomic E-state index is 16.2. The summed E-state index contributed by atoms with van der Waals surface area (Å²) in [6.45, 7) is 10.7. The van der Waals surface area contributed by atoms with E-state index in [4.69, 9.17) is 9.47 Å². The molecule has 35 heavy (non-hydrogen) atoms. The molecular weight excluding hydrogens is 450 g/mol. The second-order valence-electron chi connectivity index (χ2n) is 10.4. The quantitative estimate of drug-likeness (QED) is 0.450. The molecule has 2 atom stereocenters. The van der Waals surface area contributed by atoms with Gasteiger partial charge in [-0.15, -0.1) is 0 Å². The fourth-order valence-electron chi connectivity index (χ4n) is 5.07. The Kier molecular flexibility index (Phi) is 7.64. The number of hydrogen-bond acceptors (Lipinski definition) is 4. The minimum Gasteiger partial charge on any atom is -0.493 e. The normalized spacial score (nSPS) is 21.1. The monoisotopic (exact) mass is 486 g/mol. The molecule has 1 amide bonds. The van der Waals surface area contributed by atoms with E-state index < -0.39 is 29.7 Å². The minimum absolute atomic E-state index is 0.227. The second kappa shape index (κ2) is 10.5. The first-order valence-electron chi connectivity index (χ1n) is 12.5. The molecule has 0 radical (unpaired) electrons. The molecular formula is C28H36F2N2O3. The summed E-state index contributed by atoms with van der Waals surface area (Å²) in [4.78, 5) is 17.0. The predicted octanol–water partition coefficient (Wildman–Crippen LogP) is 6.14. The van der Waals surface area contributed by atoms with Gasteiger partial charge in [0.05, 0.1) is 6.61 Å². The van der Waals surface area contributed by atoms with Gasteiger partial charge in [0.1, 0.15) is 29.4 Å². The van der Waals surface area contributed by atoms with Gasteiger partial charge in [-0.1, -0.05) is 38.1 Å². The van der Waals surface area contributed by atoms with Crippen molar-refractivity contribution < 1.29 is 23.0 Å². The number of halogens is 2. The summed E-state index contributed by atoms with van der Waals surface area (Å²) in [6.07, 6.45) is -0.886. The lowest BCUT2D eigenvalue weighted by molar-refractivity contribution is -0.0460. The Bertz CT molecular complexity index is 986. The average Bonchev–Trinajstić information content (AvgIpc) is 3.09. The molecule has 190 valence electrons. The molecule has 4 rings (SSSR count). The lowest BCUT2D eigenvalue weighted by Crippen LogP contribution is -2.55. The van der Waals surface area contributed by atoms with Gasteiger partial charge in [0.15, 0.2) is 0 Å². The van der Waals surface area contributed by atoms with Gasteiger partial charge in [0.2, 0.25) is 0 Å². The van der Waals surface area contributed by atoms with Crippen LogP contribution in [0.1, 0.15) is 57.8 Å². The van der Waals surface area contributed by atoms with Gasteiger partial charge in [-0.3, -0.25) is 4.90 Å². The Hall–Kier alpha value is -2.67. The molecule has 2 heterocycles. The molecule has 0 aliphatic carbocycles. The van der Waals surface area contributed by atoms with Crippen molar-refractivity contribution in [3.63, 3.8) is 0 Å². The molecule has 2 fully saturated rings. The van der Waals surface area contributed by atoms with Crippen molar-refractivity contribution in [2.24, 2.45) is 5.92 Å². The van der Waals surface area contributed by atoms with Crippen molar-refractivity contribution in [3.05, 3.63) is 65.5 Å². The van der Waals surface area contributed by atoms with Crippen LogP contribution in [0.4, 0.5) is 13.6 Å². The average molecular weight is 487 g/mol. The summed E-state index contributed by atoms with van der Waals surface area (Å²) in [7, 11) is 0. The zero-order valence-electron chi connectivity index (χ0n) is 21.0. The molecule has 2 saturated heterocycles. The lowest BCUT2D eigenvalue weighted by atomic mass is 9.80. The number of carbonyl (C=O) groups excluding carboxylic acids is 1. The van der Waals surface area contributed by atoms with Gasteiger partial charge in [-0.25, -0.2) is 13.6 Å². The molecule has 2 aliphatic rings. The molecule has 2 aromatic rings. The van der Waals surface area contributed by atoms with E-state index in [9.17, 15) is 9.18 Å². The highest BCUT2D eigenvalue weighted by Crippen LogP contribution is 2.46. The number of nitrogens with zero attached hydrogens (tertiary/aromatic N) is 2. The zero-order valence-corrected chi connectivity index (χ0v) is 21.0. The Morgan fingerprint density at radius 1 is 1.03 bits per heavy atom. The maximum Gasteiger partial charge on any atom is 0.411 e. The van der Waals surface area contributed by atoms with E-state index >= 15 is 4.39 Å². The molecule has 1 spiro atoms. The molecule has 5 nitrogen and oxygen atoms in total. The van der Waals surface area contributed by atoms with Crippen LogP contribution in [0.5, 0.6) is 5.75 Å². The molecule has 0 N–H and O–H groups in total. The van der Waals surface area contributed by atoms with Crippen LogP contribution in [0, 0.1) is 11.7 Å². The third kappa shape index (κ3) is 5.61. The van der Waals surface area contributed by atoms with Crippen LogP contribution in [0.15, 0.2) is 48.5 Å². The number of hydrogen-bond donors (Lipinski definition) is 0. The first-order chi connectivity index (χ1) is 16.7. The third-order valence-corrected chi connectivity index (χ3v) is 7.10. The van der Waals surface area contributed by atoms with Crippen LogP contribution in [0.25, 0.3) is 0 Å². The summed E-state index contributed by atoms with van der Waals surface area (Å²) < 4.78 is 41.5. The number of piperidine rings is 1. The summed E-state index contributed by atoms with van der Waals surface area (Å²) in [6, 6.07) is 12.5. The van der Waals surface area contributed by atoms with Gasteiger partial charge < -0.3 is 14.4 Å². The SMILES string of the molecule is CC(C)COc1ccc(CN2C(=O)OC3(CCN(C(C)C)CC3)C2C(F)c2ccc(F)cc2)cc1. The molecule has 2 aliphatic heterocycles. The minimum atomic E-state index is -1.50. The van der Waals surface area contributed by atoms with E-state index in [1.807, 2.05) is 24.3 Å². The Balaban J connectivity index is 1.59. The number of alkyl halides is 1. The van der Waals surface area contributed by atoms with Crippen molar-refractivity contribution in [2.45, 2.75) is 70.9 Å². The second-order valence-corrected chi connectivity index (χ2v) is 10.4. The van der Waals surface area contributed by atoms with Gasteiger partial charge in [-0.05, 0) is 55.2 Å². The fourth-order valence-corrected chi connectivity index (χ4v) is 5.07. The summed E-state index contributed by atoms with van der Waals surface area (Å²) in [5, 5.41) is 0.